The lowest BCUT2D eigenvalue weighted by molar-refractivity contribution is 0.00349. The van der Waals surface area contributed by atoms with E-state index in [1.165, 1.54) is 11.1 Å². The van der Waals surface area contributed by atoms with E-state index in [0.717, 1.165) is 6.42 Å². The first-order chi connectivity index (χ1) is 7.84. The molecule has 1 aliphatic heterocycles. The van der Waals surface area contributed by atoms with Gasteiger partial charge >= 0.3 is 0 Å². The van der Waals surface area contributed by atoms with Crippen LogP contribution in [0.5, 0.6) is 0 Å². The van der Waals surface area contributed by atoms with Gasteiger partial charge in [-0.2, -0.15) is 0 Å². The van der Waals surface area contributed by atoms with Gasteiger partial charge in [-0.15, -0.1) is 6.58 Å². The van der Waals surface area contributed by atoms with Crippen molar-refractivity contribution in [1.29, 1.82) is 0 Å². The van der Waals surface area contributed by atoms with Crippen LogP contribution in [0, 0.1) is 0 Å². The van der Waals surface area contributed by atoms with Crippen LogP contribution in [0.3, 0.4) is 0 Å². The maximum absolute atomic E-state index is 9.94. The zero-order chi connectivity index (χ0) is 13.1. The van der Waals surface area contributed by atoms with Crippen LogP contribution in [0.4, 0.5) is 0 Å². The van der Waals surface area contributed by atoms with Gasteiger partial charge in [0.2, 0.25) is 0 Å². The van der Waals surface area contributed by atoms with E-state index >= 15 is 0 Å². The van der Waals surface area contributed by atoms with Crippen molar-refractivity contribution in [2.24, 2.45) is 0 Å². The number of allylic oxidation sites excluding steroid dienone is 1. The summed E-state index contributed by atoms with van der Waals surface area (Å²) < 4.78 is 5.92. The molecule has 0 radical (unpaired) electrons. The lowest BCUT2D eigenvalue weighted by atomic mass is 9.98. The van der Waals surface area contributed by atoms with Crippen LogP contribution < -0.4 is 0 Å². The molecular formula is C15H24O2. The van der Waals surface area contributed by atoms with Crippen LogP contribution in [0.15, 0.2) is 36.0 Å². The average molecular weight is 236 g/mol. The van der Waals surface area contributed by atoms with Crippen molar-refractivity contribution < 1.29 is 9.84 Å². The maximum atomic E-state index is 9.94. The van der Waals surface area contributed by atoms with Gasteiger partial charge in [-0.25, -0.2) is 0 Å². The van der Waals surface area contributed by atoms with Gasteiger partial charge in [-0.1, -0.05) is 23.8 Å². The minimum Gasteiger partial charge on any atom is -0.386 e. The second-order valence-electron chi connectivity index (χ2n) is 5.36. The van der Waals surface area contributed by atoms with Crippen molar-refractivity contribution >= 4 is 0 Å². The third kappa shape index (κ3) is 4.49. The van der Waals surface area contributed by atoms with Gasteiger partial charge < -0.3 is 9.84 Å². The fourth-order valence-corrected chi connectivity index (χ4v) is 1.94. The fourth-order valence-electron chi connectivity index (χ4n) is 1.94. The molecule has 0 saturated heterocycles. The highest BCUT2D eigenvalue weighted by Crippen LogP contribution is 2.28. The Morgan fingerprint density at radius 3 is 2.76 bits per heavy atom. The summed E-state index contributed by atoms with van der Waals surface area (Å²) >= 11 is 0. The highest BCUT2D eigenvalue weighted by Gasteiger charge is 2.28. The van der Waals surface area contributed by atoms with Crippen molar-refractivity contribution in [3.8, 4) is 0 Å². The molecule has 1 N–H and O–H groups in total. The number of hydrogen-bond acceptors (Lipinski definition) is 2. The molecule has 0 amide bonds. The van der Waals surface area contributed by atoms with Crippen molar-refractivity contribution in [1.82, 2.24) is 0 Å². The molecular weight excluding hydrogens is 212 g/mol. The zero-order valence-corrected chi connectivity index (χ0v) is 11.4. The van der Waals surface area contributed by atoms with Crippen LogP contribution in [-0.4, -0.2) is 22.9 Å². The summed E-state index contributed by atoms with van der Waals surface area (Å²) in [5.41, 5.74) is 1.71. The van der Waals surface area contributed by atoms with Crippen molar-refractivity contribution in [3.63, 3.8) is 0 Å². The van der Waals surface area contributed by atoms with Gasteiger partial charge in [0.25, 0.3) is 0 Å². The van der Waals surface area contributed by atoms with Gasteiger partial charge in [0.05, 0.1) is 17.8 Å². The Labute approximate surface area is 105 Å². The molecule has 17 heavy (non-hydrogen) atoms. The second kappa shape index (κ2) is 5.65. The minimum absolute atomic E-state index is 0.00133. The first-order valence-corrected chi connectivity index (χ1v) is 6.17. The standard InChI is InChI=1S/C15H24O2/c1-6-15(5,16)10-13-9-12(4)14(17-13)8-7-11(2)3/h6-7,9,13-14,16H,1,8,10H2,2-5H3/t13-,14+,15+/m0/s1. The Balaban J connectivity index is 2.55. The molecule has 2 heteroatoms. The quantitative estimate of drug-likeness (QED) is 0.741. The lowest BCUT2D eigenvalue weighted by Gasteiger charge is -2.22. The van der Waals surface area contributed by atoms with Gasteiger partial charge in [-0.3, -0.25) is 0 Å². The largest absolute Gasteiger partial charge is 0.386 e. The number of ether oxygens (including phenoxy) is 1. The lowest BCUT2D eigenvalue weighted by Crippen LogP contribution is -2.27. The average Bonchev–Trinajstić information content (AvgIpc) is 2.55. The highest BCUT2D eigenvalue weighted by atomic mass is 16.5. The molecule has 2 nitrogen and oxygen atoms in total. The van der Waals surface area contributed by atoms with E-state index in [2.05, 4.69) is 39.5 Å². The summed E-state index contributed by atoms with van der Waals surface area (Å²) in [6, 6.07) is 0. The Bertz CT molecular complexity index is 333. The van der Waals surface area contributed by atoms with Gasteiger partial charge in [0, 0.05) is 6.42 Å². The summed E-state index contributed by atoms with van der Waals surface area (Å²) in [7, 11) is 0. The van der Waals surface area contributed by atoms with E-state index in [1.807, 2.05) is 0 Å². The second-order valence-corrected chi connectivity index (χ2v) is 5.36. The number of rotatable bonds is 5. The third-order valence-electron chi connectivity index (χ3n) is 3.09. The van der Waals surface area contributed by atoms with Crippen LogP contribution in [0.25, 0.3) is 0 Å². The van der Waals surface area contributed by atoms with E-state index in [4.69, 9.17) is 4.74 Å². The first-order valence-electron chi connectivity index (χ1n) is 6.17. The van der Waals surface area contributed by atoms with E-state index in [-0.39, 0.29) is 12.2 Å². The molecule has 1 rings (SSSR count). The molecule has 0 aliphatic carbocycles. The summed E-state index contributed by atoms with van der Waals surface area (Å²) in [5, 5.41) is 9.94. The number of aliphatic hydroxyl groups is 1. The molecule has 1 heterocycles. The van der Waals surface area contributed by atoms with Crippen LogP contribution in [0.1, 0.15) is 40.5 Å². The van der Waals surface area contributed by atoms with Crippen molar-refractivity contribution in [2.75, 3.05) is 0 Å². The molecule has 0 unspecified atom stereocenters. The van der Waals surface area contributed by atoms with Gasteiger partial charge in [-0.05, 0) is 39.7 Å². The molecule has 0 aromatic heterocycles. The van der Waals surface area contributed by atoms with Crippen molar-refractivity contribution in [3.05, 3.63) is 36.0 Å². The van der Waals surface area contributed by atoms with Crippen LogP contribution in [-0.2, 0) is 4.74 Å². The predicted molar refractivity (Wildman–Crippen MR) is 71.9 cm³/mol. The molecule has 0 aromatic rings. The summed E-state index contributed by atoms with van der Waals surface area (Å²) in [6.07, 6.45) is 7.52. The molecule has 3 atom stereocenters. The Morgan fingerprint density at radius 1 is 1.59 bits per heavy atom. The smallest absolute Gasteiger partial charge is 0.0825 e. The molecule has 0 bridgehead atoms. The molecule has 0 aromatic carbocycles. The molecule has 96 valence electrons. The normalized spacial score (nSPS) is 27.2. The molecule has 0 fully saturated rings. The minimum atomic E-state index is -0.854. The fraction of sp³-hybridized carbons (Fsp3) is 0.600. The molecule has 0 saturated carbocycles. The van der Waals surface area contributed by atoms with E-state index in [9.17, 15) is 5.11 Å². The first kappa shape index (κ1) is 14.2. The summed E-state index contributed by atoms with van der Waals surface area (Å²) in [6.45, 7) is 11.7. The van der Waals surface area contributed by atoms with Gasteiger partial charge in [0.15, 0.2) is 0 Å². The van der Waals surface area contributed by atoms with Crippen molar-refractivity contribution in [2.45, 2.75) is 58.3 Å². The van der Waals surface area contributed by atoms with Crippen LogP contribution >= 0.6 is 0 Å². The summed E-state index contributed by atoms with van der Waals surface area (Å²) in [5.74, 6) is 0. The predicted octanol–water partition coefficient (Wildman–Crippen LogP) is 3.38. The molecule has 0 spiro atoms. The van der Waals surface area contributed by atoms with E-state index < -0.39 is 5.60 Å². The van der Waals surface area contributed by atoms with E-state index in [0.29, 0.717) is 6.42 Å². The molecule has 1 aliphatic rings. The zero-order valence-electron chi connectivity index (χ0n) is 11.4. The Kier molecular flexibility index (Phi) is 4.72. The van der Waals surface area contributed by atoms with E-state index in [1.54, 1.807) is 13.0 Å². The summed E-state index contributed by atoms with van der Waals surface area (Å²) in [4.78, 5) is 0. The number of hydrogen-bond donors (Lipinski definition) is 1. The Morgan fingerprint density at radius 2 is 2.24 bits per heavy atom. The topological polar surface area (TPSA) is 29.5 Å². The Hall–Kier alpha value is -0.860. The monoisotopic (exact) mass is 236 g/mol. The highest BCUT2D eigenvalue weighted by molar-refractivity contribution is 5.17. The maximum Gasteiger partial charge on any atom is 0.0825 e. The third-order valence-corrected chi connectivity index (χ3v) is 3.09. The van der Waals surface area contributed by atoms with Gasteiger partial charge in [0.1, 0.15) is 0 Å². The SMILES string of the molecule is C=C[C@@](C)(O)C[C@@H]1C=C(C)[C@@H](CC=C(C)C)O1. The van der Waals surface area contributed by atoms with Crippen LogP contribution in [0.2, 0.25) is 0 Å².